The van der Waals surface area contributed by atoms with Crippen LogP contribution < -0.4 is 4.74 Å². The summed E-state index contributed by atoms with van der Waals surface area (Å²) in [5.41, 5.74) is 3.65. The molecule has 0 radical (unpaired) electrons. The van der Waals surface area contributed by atoms with Crippen LogP contribution in [0.4, 0.5) is 0 Å². The van der Waals surface area contributed by atoms with Crippen molar-refractivity contribution < 1.29 is 24.2 Å². The molecule has 5 nitrogen and oxygen atoms in total. The third kappa shape index (κ3) is 6.73. The maximum absolute atomic E-state index is 13.5. The molecular formula is C32H34O5. The van der Waals surface area contributed by atoms with Crippen molar-refractivity contribution in [2.75, 3.05) is 0 Å². The van der Waals surface area contributed by atoms with Crippen LogP contribution in [0.15, 0.2) is 66.7 Å². The maximum Gasteiger partial charge on any atom is 0.303 e. The molecule has 5 heteroatoms. The molecule has 0 saturated heterocycles. The first kappa shape index (κ1) is 26.3. The van der Waals surface area contributed by atoms with Gasteiger partial charge in [0.1, 0.15) is 12.4 Å². The molecule has 0 spiro atoms. The number of benzene rings is 3. The van der Waals surface area contributed by atoms with Crippen LogP contribution in [0.25, 0.3) is 0 Å². The largest absolute Gasteiger partial charge is 0.488 e. The Hall–Kier alpha value is -3.73. The molecule has 0 aliphatic heterocycles. The molecule has 0 unspecified atom stereocenters. The van der Waals surface area contributed by atoms with E-state index >= 15 is 0 Å². The lowest BCUT2D eigenvalue weighted by Crippen LogP contribution is -2.22. The van der Waals surface area contributed by atoms with Crippen molar-refractivity contribution in [3.63, 3.8) is 0 Å². The lowest BCUT2D eigenvalue weighted by Gasteiger charge is -2.22. The van der Waals surface area contributed by atoms with Crippen LogP contribution in [0.5, 0.6) is 5.75 Å². The number of aryl methyl sites for hydroxylation is 1. The highest BCUT2D eigenvalue weighted by Crippen LogP contribution is 2.37. The third-order valence-electron chi connectivity index (χ3n) is 6.94. The van der Waals surface area contributed by atoms with Gasteiger partial charge in [0.15, 0.2) is 11.6 Å². The molecule has 0 saturated carbocycles. The fourth-order valence-corrected chi connectivity index (χ4v) is 4.94. The molecule has 0 atom stereocenters. The number of hydrogen-bond donors (Lipinski definition) is 1. The minimum atomic E-state index is -0.718. The van der Waals surface area contributed by atoms with Gasteiger partial charge < -0.3 is 9.84 Å². The van der Waals surface area contributed by atoms with E-state index in [4.69, 9.17) is 9.84 Å². The number of hydrogen-bond acceptors (Lipinski definition) is 4. The number of carboxylic acid groups (broad SMARTS) is 1. The molecule has 0 amide bonds. The minimum Gasteiger partial charge on any atom is -0.488 e. The topological polar surface area (TPSA) is 80.7 Å². The van der Waals surface area contributed by atoms with Gasteiger partial charge in [-0.15, -0.1) is 0 Å². The molecule has 0 fully saturated rings. The molecular weight excluding hydrogens is 464 g/mol. The molecule has 1 aliphatic carbocycles. The molecule has 0 bridgehead atoms. The first-order valence-corrected chi connectivity index (χ1v) is 13.3. The Morgan fingerprint density at radius 1 is 0.649 bits per heavy atom. The molecule has 0 heterocycles. The van der Waals surface area contributed by atoms with Crippen molar-refractivity contribution in [3.8, 4) is 5.75 Å². The van der Waals surface area contributed by atoms with Crippen molar-refractivity contribution in [3.05, 3.63) is 100 Å². The van der Waals surface area contributed by atoms with Gasteiger partial charge in [-0.05, 0) is 36.5 Å². The molecule has 3 aromatic rings. The van der Waals surface area contributed by atoms with Gasteiger partial charge in [-0.2, -0.15) is 0 Å². The summed E-state index contributed by atoms with van der Waals surface area (Å²) in [5.74, 6) is -0.472. The molecule has 4 rings (SSSR count). The number of carbonyl (C=O) groups is 3. The summed E-state index contributed by atoms with van der Waals surface area (Å²) in [5, 5.41) is 8.71. The maximum atomic E-state index is 13.5. The molecule has 37 heavy (non-hydrogen) atoms. The van der Waals surface area contributed by atoms with Gasteiger partial charge in [-0.25, -0.2) is 0 Å². The van der Waals surface area contributed by atoms with E-state index in [0.717, 1.165) is 68.9 Å². The Labute approximate surface area is 218 Å². The smallest absolute Gasteiger partial charge is 0.303 e. The number of rotatable bonds is 14. The summed E-state index contributed by atoms with van der Waals surface area (Å²) in [7, 11) is 0. The Bertz CT molecular complexity index is 1250. The van der Waals surface area contributed by atoms with E-state index in [1.165, 1.54) is 0 Å². The van der Waals surface area contributed by atoms with Gasteiger partial charge in [0.25, 0.3) is 0 Å². The van der Waals surface area contributed by atoms with Gasteiger partial charge in [-0.1, -0.05) is 99.2 Å². The van der Waals surface area contributed by atoms with E-state index in [-0.39, 0.29) is 18.0 Å². The second kappa shape index (κ2) is 13.0. The van der Waals surface area contributed by atoms with E-state index < -0.39 is 5.97 Å². The Morgan fingerprint density at radius 2 is 1.24 bits per heavy atom. The highest BCUT2D eigenvalue weighted by atomic mass is 16.5. The normalized spacial score (nSPS) is 12.2. The van der Waals surface area contributed by atoms with Crippen LogP contribution >= 0.6 is 0 Å². The first-order valence-electron chi connectivity index (χ1n) is 13.3. The van der Waals surface area contributed by atoms with E-state index in [0.29, 0.717) is 34.6 Å². The summed E-state index contributed by atoms with van der Waals surface area (Å²) >= 11 is 0. The van der Waals surface area contributed by atoms with E-state index in [1.807, 2.05) is 36.4 Å². The van der Waals surface area contributed by atoms with Gasteiger partial charge in [0.2, 0.25) is 0 Å². The van der Waals surface area contributed by atoms with Crippen molar-refractivity contribution >= 4 is 17.5 Å². The number of carbonyl (C=O) groups excluding carboxylic acids is 2. The van der Waals surface area contributed by atoms with Crippen LogP contribution in [-0.2, 0) is 17.8 Å². The highest BCUT2D eigenvalue weighted by Gasteiger charge is 2.33. The molecule has 3 aromatic carbocycles. The molecule has 192 valence electrons. The zero-order chi connectivity index (χ0) is 26.0. The Balaban J connectivity index is 1.43. The summed E-state index contributed by atoms with van der Waals surface area (Å²) in [6.45, 7) is 0.329. The van der Waals surface area contributed by atoms with Crippen LogP contribution in [0, 0.1) is 0 Å². The predicted molar refractivity (Wildman–Crippen MR) is 143 cm³/mol. The summed E-state index contributed by atoms with van der Waals surface area (Å²) in [4.78, 5) is 37.3. The van der Waals surface area contributed by atoms with Crippen molar-refractivity contribution in [1.29, 1.82) is 0 Å². The zero-order valence-corrected chi connectivity index (χ0v) is 21.2. The van der Waals surface area contributed by atoms with Crippen LogP contribution in [0.3, 0.4) is 0 Å². The van der Waals surface area contributed by atoms with E-state index in [2.05, 4.69) is 0 Å². The predicted octanol–water partition coefficient (Wildman–Crippen LogP) is 7.18. The molecule has 1 aliphatic rings. The first-order chi connectivity index (χ1) is 18.1. The number of unbranched alkanes of at least 4 members (excludes halogenated alkanes) is 7. The zero-order valence-electron chi connectivity index (χ0n) is 21.2. The quantitative estimate of drug-likeness (QED) is 0.186. The SMILES string of the molecule is O=C(O)CCCCCCCCCCc1ccc2c(c1OCc1ccccc1)C(=O)c1ccccc1C2=O. The Kier molecular flexibility index (Phi) is 9.25. The fraction of sp³-hybridized carbons (Fsp3) is 0.344. The van der Waals surface area contributed by atoms with Crippen LogP contribution in [0.2, 0.25) is 0 Å². The van der Waals surface area contributed by atoms with Crippen LogP contribution in [-0.4, -0.2) is 22.6 Å². The fourth-order valence-electron chi connectivity index (χ4n) is 4.94. The summed E-state index contributed by atoms with van der Waals surface area (Å²) < 4.78 is 6.29. The van der Waals surface area contributed by atoms with Gasteiger partial charge in [-0.3, -0.25) is 14.4 Å². The van der Waals surface area contributed by atoms with Crippen LogP contribution in [0.1, 0.15) is 101 Å². The average Bonchev–Trinajstić information content (AvgIpc) is 2.92. The standard InChI is InChI=1S/C32H34O5/c33-28(34)19-11-6-4-2-1-3-5-10-16-24-20-21-27-29(32(24)37-22-23-14-8-7-9-15-23)31(36)26-18-13-12-17-25(26)30(27)35/h7-9,12-15,17-18,20-21H,1-6,10-11,16,19,22H2,(H,33,34). The lowest BCUT2D eigenvalue weighted by molar-refractivity contribution is -0.137. The van der Waals surface area contributed by atoms with Crippen molar-refractivity contribution in [2.24, 2.45) is 0 Å². The van der Waals surface area contributed by atoms with Gasteiger partial charge in [0.05, 0.1) is 5.56 Å². The third-order valence-corrected chi connectivity index (χ3v) is 6.94. The number of aliphatic carboxylic acids is 1. The number of ketones is 2. The average molecular weight is 499 g/mol. The van der Waals surface area contributed by atoms with Gasteiger partial charge >= 0.3 is 5.97 Å². The monoisotopic (exact) mass is 498 g/mol. The van der Waals surface area contributed by atoms with Crippen molar-refractivity contribution in [2.45, 2.75) is 70.8 Å². The van der Waals surface area contributed by atoms with Crippen molar-refractivity contribution in [1.82, 2.24) is 0 Å². The number of fused-ring (bicyclic) bond motifs is 2. The molecule has 0 aromatic heterocycles. The highest BCUT2D eigenvalue weighted by molar-refractivity contribution is 6.29. The Morgan fingerprint density at radius 3 is 1.92 bits per heavy atom. The van der Waals surface area contributed by atoms with E-state index in [9.17, 15) is 14.4 Å². The second-order valence-corrected chi connectivity index (χ2v) is 9.68. The minimum absolute atomic E-state index is 0.135. The summed E-state index contributed by atoms with van der Waals surface area (Å²) in [6, 6.07) is 20.6. The van der Waals surface area contributed by atoms with Gasteiger partial charge in [0, 0.05) is 23.1 Å². The number of carboxylic acids is 1. The molecule has 1 N–H and O–H groups in total. The summed E-state index contributed by atoms with van der Waals surface area (Å²) in [6.07, 6.45) is 9.26. The second-order valence-electron chi connectivity index (χ2n) is 9.68. The number of ether oxygens (including phenoxy) is 1. The van der Waals surface area contributed by atoms with E-state index in [1.54, 1.807) is 30.3 Å². The lowest BCUT2D eigenvalue weighted by atomic mass is 9.82.